The van der Waals surface area contributed by atoms with E-state index in [4.69, 9.17) is 4.52 Å². The molecule has 4 heteroatoms. The molecule has 1 aromatic rings. The van der Waals surface area contributed by atoms with Gasteiger partial charge in [0.1, 0.15) is 5.76 Å². The first-order chi connectivity index (χ1) is 5.66. The van der Waals surface area contributed by atoms with Gasteiger partial charge in [-0.15, -0.1) is 0 Å². The van der Waals surface area contributed by atoms with Gasteiger partial charge in [-0.3, -0.25) is 0 Å². The summed E-state index contributed by atoms with van der Waals surface area (Å²) < 4.78 is 4.99. The number of isothiocyanates is 1. The molecule has 0 bridgehead atoms. The van der Waals surface area contributed by atoms with Crippen molar-refractivity contribution >= 4 is 17.4 Å². The van der Waals surface area contributed by atoms with Gasteiger partial charge in [0, 0.05) is 5.56 Å². The number of hydrogen-bond acceptors (Lipinski definition) is 4. The number of rotatable bonds is 2. The van der Waals surface area contributed by atoms with Gasteiger partial charge in [0.05, 0.1) is 16.9 Å². The highest BCUT2D eigenvalue weighted by Crippen LogP contribution is 2.23. The quantitative estimate of drug-likeness (QED) is 0.521. The first-order valence-corrected chi connectivity index (χ1v) is 4.07. The largest absolute Gasteiger partial charge is 0.361 e. The normalized spacial score (nSPS) is 12.2. The van der Waals surface area contributed by atoms with Crippen LogP contribution in [0.15, 0.2) is 9.52 Å². The topological polar surface area (TPSA) is 38.4 Å². The highest BCUT2D eigenvalue weighted by Gasteiger charge is 2.14. The minimum absolute atomic E-state index is 0.00579. The van der Waals surface area contributed by atoms with Crippen LogP contribution in [0.4, 0.5) is 0 Å². The van der Waals surface area contributed by atoms with Gasteiger partial charge in [0.2, 0.25) is 0 Å². The van der Waals surface area contributed by atoms with Gasteiger partial charge in [0.25, 0.3) is 0 Å². The number of hydrogen-bond donors (Lipinski definition) is 0. The van der Waals surface area contributed by atoms with E-state index in [0.29, 0.717) is 0 Å². The molecule has 0 saturated carbocycles. The molecule has 0 aliphatic heterocycles. The van der Waals surface area contributed by atoms with Crippen LogP contribution in [0.3, 0.4) is 0 Å². The van der Waals surface area contributed by atoms with Gasteiger partial charge < -0.3 is 4.52 Å². The number of aliphatic imine (C=N–C) groups is 1. The van der Waals surface area contributed by atoms with Crippen molar-refractivity contribution < 1.29 is 4.52 Å². The molecule has 0 aromatic carbocycles. The van der Waals surface area contributed by atoms with Gasteiger partial charge in [-0.05, 0) is 33.0 Å². The third-order valence-electron chi connectivity index (χ3n) is 1.75. The maximum Gasteiger partial charge on any atom is 0.139 e. The SMILES string of the molecule is Cc1noc(C)c1C(C)N=C=S. The van der Waals surface area contributed by atoms with Gasteiger partial charge in [-0.1, -0.05) is 5.16 Å². The number of aryl methyl sites for hydroxylation is 2. The van der Waals surface area contributed by atoms with Gasteiger partial charge in [-0.25, -0.2) is 4.99 Å². The summed E-state index contributed by atoms with van der Waals surface area (Å²) in [6, 6.07) is -0.00579. The standard InChI is InChI=1S/C8H10N2OS/c1-5(9-4-12)8-6(2)10-11-7(8)3/h5H,1-3H3. The lowest BCUT2D eigenvalue weighted by atomic mass is 10.1. The van der Waals surface area contributed by atoms with E-state index >= 15 is 0 Å². The molecular formula is C8H10N2OS. The summed E-state index contributed by atoms with van der Waals surface area (Å²) in [5.74, 6) is 0.800. The number of thiocarbonyl (C=S) groups is 1. The summed E-state index contributed by atoms with van der Waals surface area (Å²) in [6.07, 6.45) is 0. The predicted octanol–water partition coefficient (Wildman–Crippen LogP) is 2.46. The highest BCUT2D eigenvalue weighted by atomic mass is 32.1. The second kappa shape index (κ2) is 3.61. The first kappa shape index (κ1) is 9.10. The van der Waals surface area contributed by atoms with Crippen molar-refractivity contribution in [3.8, 4) is 0 Å². The molecule has 0 aliphatic carbocycles. The third-order valence-corrected chi connectivity index (χ3v) is 1.86. The van der Waals surface area contributed by atoms with E-state index in [9.17, 15) is 0 Å². The fourth-order valence-electron chi connectivity index (χ4n) is 1.23. The summed E-state index contributed by atoms with van der Waals surface area (Å²) in [5.41, 5.74) is 1.88. The van der Waals surface area contributed by atoms with Crippen LogP contribution in [0.2, 0.25) is 0 Å². The Morgan fingerprint density at radius 3 is 2.67 bits per heavy atom. The Kier molecular flexibility index (Phi) is 2.74. The molecule has 12 heavy (non-hydrogen) atoms. The van der Waals surface area contributed by atoms with E-state index in [1.165, 1.54) is 0 Å². The Morgan fingerprint density at radius 2 is 2.25 bits per heavy atom. The summed E-state index contributed by atoms with van der Waals surface area (Å²) >= 11 is 4.52. The van der Waals surface area contributed by atoms with Crippen LogP contribution in [0.25, 0.3) is 0 Å². The van der Waals surface area contributed by atoms with E-state index in [1.807, 2.05) is 20.8 Å². The Labute approximate surface area is 76.5 Å². The molecular weight excluding hydrogens is 172 g/mol. The Balaban J connectivity index is 3.08. The maximum absolute atomic E-state index is 4.99. The molecule has 3 nitrogen and oxygen atoms in total. The average molecular weight is 182 g/mol. The summed E-state index contributed by atoms with van der Waals surface area (Å²) in [5, 5.41) is 6.17. The lowest BCUT2D eigenvalue weighted by Crippen LogP contribution is -1.92. The molecule has 0 radical (unpaired) electrons. The number of nitrogens with zero attached hydrogens (tertiary/aromatic N) is 2. The van der Waals surface area contributed by atoms with Crippen molar-refractivity contribution in [3.63, 3.8) is 0 Å². The third kappa shape index (κ3) is 1.60. The van der Waals surface area contributed by atoms with Gasteiger partial charge in [-0.2, -0.15) is 0 Å². The predicted molar refractivity (Wildman–Crippen MR) is 49.4 cm³/mol. The second-order valence-corrected chi connectivity index (χ2v) is 2.82. The number of aromatic nitrogens is 1. The van der Waals surface area contributed by atoms with Crippen LogP contribution in [-0.2, 0) is 0 Å². The average Bonchev–Trinajstić information content (AvgIpc) is 2.32. The summed E-state index contributed by atoms with van der Waals surface area (Å²) in [6.45, 7) is 5.69. The molecule has 1 atom stereocenters. The molecule has 0 saturated heterocycles. The lowest BCUT2D eigenvalue weighted by Gasteiger charge is -2.01. The molecule has 0 spiro atoms. The first-order valence-electron chi connectivity index (χ1n) is 3.66. The fourth-order valence-corrected chi connectivity index (χ4v) is 1.39. The van der Waals surface area contributed by atoms with Crippen LogP contribution in [0, 0.1) is 13.8 Å². The molecule has 0 fully saturated rings. The van der Waals surface area contributed by atoms with Crippen LogP contribution >= 0.6 is 12.2 Å². The van der Waals surface area contributed by atoms with E-state index in [0.717, 1.165) is 17.0 Å². The zero-order valence-electron chi connectivity index (χ0n) is 7.29. The maximum atomic E-state index is 4.99. The smallest absolute Gasteiger partial charge is 0.139 e. The van der Waals surface area contributed by atoms with E-state index < -0.39 is 0 Å². The van der Waals surface area contributed by atoms with Crippen molar-refractivity contribution in [1.29, 1.82) is 0 Å². The molecule has 1 aromatic heterocycles. The summed E-state index contributed by atoms with van der Waals surface area (Å²) in [7, 11) is 0. The molecule has 0 N–H and O–H groups in total. The van der Waals surface area contributed by atoms with Crippen molar-refractivity contribution in [2.24, 2.45) is 4.99 Å². The highest BCUT2D eigenvalue weighted by molar-refractivity contribution is 7.78. The van der Waals surface area contributed by atoms with Crippen LogP contribution in [0.5, 0.6) is 0 Å². The monoisotopic (exact) mass is 182 g/mol. The van der Waals surface area contributed by atoms with Crippen molar-refractivity contribution in [3.05, 3.63) is 17.0 Å². The van der Waals surface area contributed by atoms with Crippen LogP contribution < -0.4 is 0 Å². The Morgan fingerprint density at radius 1 is 1.58 bits per heavy atom. The molecule has 1 heterocycles. The molecule has 64 valence electrons. The second-order valence-electron chi connectivity index (χ2n) is 2.63. The van der Waals surface area contributed by atoms with Crippen molar-refractivity contribution in [2.45, 2.75) is 26.8 Å². The molecule has 1 unspecified atom stereocenters. The van der Waals surface area contributed by atoms with Crippen molar-refractivity contribution in [2.75, 3.05) is 0 Å². The molecule has 0 amide bonds. The Bertz CT molecular complexity index is 306. The van der Waals surface area contributed by atoms with E-state index in [2.05, 4.69) is 27.5 Å². The summed E-state index contributed by atoms with van der Waals surface area (Å²) in [4.78, 5) is 3.95. The van der Waals surface area contributed by atoms with Gasteiger partial charge >= 0.3 is 0 Å². The van der Waals surface area contributed by atoms with E-state index in [1.54, 1.807) is 0 Å². The molecule has 0 aliphatic rings. The fraction of sp³-hybridized carbons (Fsp3) is 0.500. The Hall–Kier alpha value is -0.990. The minimum Gasteiger partial charge on any atom is -0.361 e. The lowest BCUT2D eigenvalue weighted by molar-refractivity contribution is 0.391. The zero-order chi connectivity index (χ0) is 9.14. The van der Waals surface area contributed by atoms with Gasteiger partial charge in [0.15, 0.2) is 0 Å². The minimum atomic E-state index is -0.00579. The van der Waals surface area contributed by atoms with E-state index in [-0.39, 0.29) is 6.04 Å². The zero-order valence-corrected chi connectivity index (χ0v) is 8.10. The molecule has 1 rings (SSSR count). The van der Waals surface area contributed by atoms with Crippen molar-refractivity contribution in [1.82, 2.24) is 5.16 Å². The van der Waals surface area contributed by atoms with Crippen LogP contribution in [-0.4, -0.2) is 10.3 Å². The van der Waals surface area contributed by atoms with Crippen LogP contribution in [0.1, 0.15) is 30.0 Å².